The number of benzene rings is 1. The van der Waals surface area contributed by atoms with E-state index in [0.717, 1.165) is 5.56 Å². The molecule has 20 heavy (non-hydrogen) atoms. The zero-order valence-electron chi connectivity index (χ0n) is 11.1. The van der Waals surface area contributed by atoms with E-state index in [-0.39, 0.29) is 5.69 Å². The highest BCUT2D eigenvalue weighted by Gasteiger charge is 2.12. The zero-order chi connectivity index (χ0) is 14.7. The van der Waals surface area contributed by atoms with Gasteiger partial charge in [0.05, 0.1) is 10.6 Å². The summed E-state index contributed by atoms with van der Waals surface area (Å²) in [5, 5.41) is 27.1. The Balaban J connectivity index is 2.19. The largest absolute Gasteiger partial charge is 0.365 e. The first-order valence-corrected chi connectivity index (χ1v) is 5.94. The molecule has 1 aromatic heterocycles. The third-order valence-electron chi connectivity index (χ3n) is 2.92. The number of hydrogen-bond donors (Lipinski definition) is 1. The van der Waals surface area contributed by atoms with Gasteiger partial charge in [0.1, 0.15) is 17.5 Å². The molecule has 0 aliphatic heterocycles. The molecule has 1 N–H and O–H groups in total. The number of nitriles is 1. The van der Waals surface area contributed by atoms with Crippen molar-refractivity contribution in [1.82, 2.24) is 9.78 Å². The number of aromatic nitrogens is 2. The fraction of sp³-hybridized carbons (Fsp3) is 0.231. The second kappa shape index (κ2) is 5.40. The lowest BCUT2D eigenvalue weighted by molar-refractivity contribution is -0.384. The molecule has 7 nitrogen and oxygen atoms in total. The Kier molecular flexibility index (Phi) is 3.66. The van der Waals surface area contributed by atoms with Gasteiger partial charge in [-0.1, -0.05) is 12.1 Å². The molecule has 1 heterocycles. The molecule has 0 atom stereocenters. The first kappa shape index (κ1) is 13.5. The van der Waals surface area contributed by atoms with Crippen LogP contribution >= 0.6 is 0 Å². The van der Waals surface area contributed by atoms with Crippen molar-refractivity contribution in [2.75, 3.05) is 5.32 Å². The van der Waals surface area contributed by atoms with E-state index in [1.807, 2.05) is 0 Å². The second-order valence-corrected chi connectivity index (χ2v) is 4.32. The van der Waals surface area contributed by atoms with E-state index in [1.165, 1.54) is 12.1 Å². The molecular weight excluding hydrogens is 258 g/mol. The van der Waals surface area contributed by atoms with Crippen molar-refractivity contribution in [3.8, 4) is 6.07 Å². The molecule has 102 valence electrons. The Hall–Kier alpha value is -2.88. The van der Waals surface area contributed by atoms with Crippen LogP contribution in [0.25, 0.3) is 0 Å². The summed E-state index contributed by atoms with van der Waals surface area (Å²) in [6.45, 7) is 2.15. The monoisotopic (exact) mass is 271 g/mol. The average Bonchev–Trinajstić information content (AvgIpc) is 2.70. The smallest absolute Gasteiger partial charge is 0.269 e. The van der Waals surface area contributed by atoms with Crippen molar-refractivity contribution in [3.63, 3.8) is 0 Å². The number of anilines is 1. The van der Waals surface area contributed by atoms with E-state index < -0.39 is 4.92 Å². The molecule has 0 amide bonds. The summed E-state index contributed by atoms with van der Waals surface area (Å²) >= 11 is 0. The highest BCUT2D eigenvalue weighted by atomic mass is 16.6. The van der Waals surface area contributed by atoms with Gasteiger partial charge in [0.2, 0.25) is 0 Å². The van der Waals surface area contributed by atoms with Crippen LogP contribution in [0, 0.1) is 28.4 Å². The molecule has 2 rings (SSSR count). The van der Waals surface area contributed by atoms with Crippen LogP contribution in [0.5, 0.6) is 0 Å². The van der Waals surface area contributed by atoms with Crippen LogP contribution in [0.2, 0.25) is 0 Å². The summed E-state index contributed by atoms with van der Waals surface area (Å²) in [7, 11) is 1.74. The van der Waals surface area contributed by atoms with E-state index in [4.69, 9.17) is 5.26 Å². The van der Waals surface area contributed by atoms with Crippen LogP contribution in [-0.4, -0.2) is 14.7 Å². The van der Waals surface area contributed by atoms with Gasteiger partial charge in [-0.15, -0.1) is 0 Å². The third-order valence-corrected chi connectivity index (χ3v) is 2.92. The van der Waals surface area contributed by atoms with Gasteiger partial charge in [-0.3, -0.25) is 14.8 Å². The normalized spacial score (nSPS) is 10.1. The van der Waals surface area contributed by atoms with E-state index >= 15 is 0 Å². The van der Waals surface area contributed by atoms with Gasteiger partial charge in [0.15, 0.2) is 0 Å². The van der Waals surface area contributed by atoms with Gasteiger partial charge < -0.3 is 5.32 Å². The van der Waals surface area contributed by atoms with Crippen molar-refractivity contribution in [2.45, 2.75) is 13.5 Å². The lowest BCUT2D eigenvalue weighted by Crippen LogP contribution is -2.06. The number of rotatable bonds is 4. The quantitative estimate of drug-likeness (QED) is 0.678. The first-order chi connectivity index (χ1) is 9.52. The number of nitrogens with zero attached hydrogens (tertiary/aromatic N) is 4. The Morgan fingerprint density at radius 1 is 1.55 bits per heavy atom. The molecule has 0 bridgehead atoms. The van der Waals surface area contributed by atoms with Gasteiger partial charge in [-0.25, -0.2) is 0 Å². The zero-order valence-corrected chi connectivity index (χ0v) is 11.1. The fourth-order valence-corrected chi connectivity index (χ4v) is 1.96. The van der Waals surface area contributed by atoms with E-state index in [0.29, 0.717) is 23.6 Å². The van der Waals surface area contributed by atoms with E-state index in [1.54, 1.807) is 30.8 Å². The molecule has 1 aromatic carbocycles. The molecule has 7 heteroatoms. The molecule has 0 saturated heterocycles. The molecule has 0 aliphatic carbocycles. The highest BCUT2D eigenvalue weighted by molar-refractivity contribution is 5.55. The minimum atomic E-state index is -0.432. The van der Waals surface area contributed by atoms with Crippen molar-refractivity contribution in [2.24, 2.45) is 7.05 Å². The van der Waals surface area contributed by atoms with Crippen LogP contribution < -0.4 is 5.32 Å². The van der Waals surface area contributed by atoms with Crippen LogP contribution in [0.4, 0.5) is 11.5 Å². The van der Waals surface area contributed by atoms with Crippen LogP contribution in [0.1, 0.15) is 16.8 Å². The summed E-state index contributed by atoms with van der Waals surface area (Å²) in [5.41, 5.74) is 1.95. The summed E-state index contributed by atoms with van der Waals surface area (Å²) in [6.07, 6.45) is 0. The van der Waals surface area contributed by atoms with Gasteiger partial charge in [0.25, 0.3) is 5.69 Å². The summed E-state index contributed by atoms with van der Waals surface area (Å²) < 4.78 is 1.59. The summed E-state index contributed by atoms with van der Waals surface area (Å²) in [4.78, 5) is 10.3. The number of nitrogens with one attached hydrogen (secondary N) is 1. The van der Waals surface area contributed by atoms with Crippen molar-refractivity contribution in [1.29, 1.82) is 5.26 Å². The molecule has 0 fully saturated rings. The Morgan fingerprint density at radius 2 is 2.30 bits per heavy atom. The standard InChI is InChI=1S/C13H13N5O2/c1-9-12(7-14)13(17(2)16-9)15-8-10-4-3-5-11(6-10)18(19)20/h3-6,15H,8H2,1-2H3. The number of nitro benzene ring substituents is 1. The van der Waals surface area contributed by atoms with Gasteiger partial charge in [0, 0.05) is 25.7 Å². The number of nitro groups is 1. The van der Waals surface area contributed by atoms with Gasteiger partial charge >= 0.3 is 0 Å². The number of hydrogen-bond acceptors (Lipinski definition) is 5. The molecule has 0 unspecified atom stereocenters. The van der Waals surface area contributed by atoms with Crippen LogP contribution in [-0.2, 0) is 13.6 Å². The summed E-state index contributed by atoms with van der Waals surface area (Å²) in [6, 6.07) is 8.46. The average molecular weight is 271 g/mol. The predicted octanol–water partition coefficient (Wildman–Crippen LogP) is 2.12. The van der Waals surface area contributed by atoms with Crippen molar-refractivity contribution in [3.05, 3.63) is 51.2 Å². The molecular formula is C13H13N5O2. The van der Waals surface area contributed by atoms with Crippen LogP contribution in [0.3, 0.4) is 0 Å². The highest BCUT2D eigenvalue weighted by Crippen LogP contribution is 2.19. The third kappa shape index (κ3) is 2.59. The molecule has 0 saturated carbocycles. The maximum atomic E-state index is 10.7. The number of non-ortho nitro benzene ring substituents is 1. The van der Waals surface area contributed by atoms with Crippen molar-refractivity contribution >= 4 is 11.5 Å². The van der Waals surface area contributed by atoms with E-state index in [9.17, 15) is 10.1 Å². The molecule has 2 aromatic rings. The molecule has 0 spiro atoms. The minimum absolute atomic E-state index is 0.0472. The Morgan fingerprint density at radius 3 is 2.95 bits per heavy atom. The van der Waals surface area contributed by atoms with E-state index in [2.05, 4.69) is 16.5 Å². The SMILES string of the molecule is Cc1nn(C)c(NCc2cccc([N+](=O)[O-])c2)c1C#N. The predicted molar refractivity (Wildman–Crippen MR) is 73.1 cm³/mol. The minimum Gasteiger partial charge on any atom is -0.365 e. The Labute approximate surface area is 115 Å². The lowest BCUT2D eigenvalue weighted by atomic mass is 10.2. The van der Waals surface area contributed by atoms with Crippen molar-refractivity contribution < 1.29 is 4.92 Å². The number of aryl methyl sites for hydroxylation is 2. The second-order valence-electron chi connectivity index (χ2n) is 4.32. The maximum Gasteiger partial charge on any atom is 0.269 e. The Bertz CT molecular complexity index is 699. The van der Waals surface area contributed by atoms with Gasteiger partial charge in [-0.05, 0) is 12.5 Å². The summed E-state index contributed by atoms with van der Waals surface area (Å²) in [5.74, 6) is 0.608. The maximum absolute atomic E-state index is 10.7. The first-order valence-electron chi connectivity index (χ1n) is 5.94. The van der Waals surface area contributed by atoms with Crippen LogP contribution in [0.15, 0.2) is 24.3 Å². The topological polar surface area (TPSA) is 96.8 Å². The fourth-order valence-electron chi connectivity index (χ4n) is 1.96. The molecule has 0 radical (unpaired) electrons. The van der Waals surface area contributed by atoms with Gasteiger partial charge in [-0.2, -0.15) is 10.4 Å². The molecule has 0 aliphatic rings. The lowest BCUT2D eigenvalue weighted by Gasteiger charge is -2.07.